The molecule has 0 aromatic heterocycles. The number of rotatable bonds is 2. The molecule has 1 amide bonds. The van der Waals surface area contributed by atoms with E-state index in [1.165, 1.54) is 6.07 Å². The Hall–Kier alpha value is -3.29. The number of hydrogen-bond acceptors (Lipinski definition) is 4. The van der Waals surface area contributed by atoms with Crippen molar-refractivity contribution in [1.82, 2.24) is 0 Å². The first kappa shape index (κ1) is 22.9. The summed E-state index contributed by atoms with van der Waals surface area (Å²) in [6.07, 6.45) is -4.45. The number of amides is 1. The summed E-state index contributed by atoms with van der Waals surface area (Å²) < 4.78 is 41.5. The van der Waals surface area contributed by atoms with E-state index < -0.39 is 18.1 Å². The number of Topliss-reactive ketones (excluding diaryl/α,β-unsaturated/α-hetero) is 1. The van der Waals surface area contributed by atoms with Crippen LogP contribution in [0.25, 0.3) is 0 Å². The first-order valence-electron chi connectivity index (χ1n) is 10.7. The predicted molar refractivity (Wildman–Crippen MR) is 122 cm³/mol. The molecule has 1 unspecified atom stereocenters. The number of benzene rings is 2. The summed E-state index contributed by atoms with van der Waals surface area (Å²) in [6.45, 7) is 3.90. The van der Waals surface area contributed by atoms with E-state index in [0.29, 0.717) is 23.4 Å². The lowest BCUT2D eigenvalue weighted by Crippen LogP contribution is -2.45. The van der Waals surface area contributed by atoms with Gasteiger partial charge in [0.25, 0.3) is 0 Å². The van der Waals surface area contributed by atoms with Crippen molar-refractivity contribution >= 4 is 28.8 Å². The van der Waals surface area contributed by atoms with Gasteiger partial charge in [-0.15, -0.1) is 0 Å². The van der Waals surface area contributed by atoms with Crippen molar-refractivity contribution < 1.29 is 22.8 Å². The molecule has 174 valence electrons. The molecular weight excluding hydrogens is 431 g/mol. The summed E-state index contributed by atoms with van der Waals surface area (Å²) in [5.41, 5.74) is 2.15. The highest BCUT2D eigenvalue weighted by atomic mass is 19.4. The predicted octanol–water partition coefficient (Wildman–Crippen LogP) is 5.46. The van der Waals surface area contributed by atoms with Gasteiger partial charge in [0.1, 0.15) is 0 Å². The number of ketones is 1. The average Bonchev–Trinajstić information content (AvgIpc) is 2.85. The van der Waals surface area contributed by atoms with Gasteiger partial charge in [-0.2, -0.15) is 13.2 Å². The van der Waals surface area contributed by atoms with Gasteiger partial charge in [0.2, 0.25) is 0 Å². The van der Waals surface area contributed by atoms with Gasteiger partial charge in [-0.3, -0.25) is 14.5 Å². The Morgan fingerprint density at radius 2 is 1.70 bits per heavy atom. The van der Waals surface area contributed by atoms with E-state index in [0.717, 1.165) is 10.6 Å². The molecule has 1 aliphatic carbocycles. The zero-order chi connectivity index (χ0) is 24.1. The molecule has 0 saturated carbocycles. The third-order valence-electron chi connectivity index (χ3n) is 6.09. The van der Waals surface area contributed by atoms with Crippen molar-refractivity contribution in [2.75, 3.05) is 29.2 Å². The Bertz CT molecular complexity index is 1130. The topological polar surface area (TPSA) is 52.7 Å². The lowest BCUT2D eigenvalue weighted by molar-refractivity contribution is -0.170. The third-order valence-corrected chi connectivity index (χ3v) is 6.09. The lowest BCUT2D eigenvalue weighted by Gasteiger charge is -2.37. The highest BCUT2D eigenvalue weighted by Crippen LogP contribution is 2.49. The van der Waals surface area contributed by atoms with Crippen LogP contribution < -0.4 is 15.1 Å². The van der Waals surface area contributed by atoms with Crippen LogP contribution in [0.4, 0.5) is 30.2 Å². The Kier molecular flexibility index (Phi) is 5.50. The zero-order valence-electron chi connectivity index (χ0n) is 19.0. The van der Waals surface area contributed by atoms with Crippen LogP contribution in [0.15, 0.2) is 59.8 Å². The van der Waals surface area contributed by atoms with Gasteiger partial charge in [0.15, 0.2) is 5.78 Å². The van der Waals surface area contributed by atoms with E-state index in [1.54, 1.807) is 42.5 Å². The molecule has 8 heteroatoms. The van der Waals surface area contributed by atoms with Crippen molar-refractivity contribution in [2.45, 2.75) is 38.9 Å². The lowest BCUT2D eigenvalue weighted by atomic mass is 9.73. The molecule has 33 heavy (non-hydrogen) atoms. The van der Waals surface area contributed by atoms with Crippen LogP contribution in [0.2, 0.25) is 0 Å². The zero-order valence-corrected chi connectivity index (χ0v) is 19.0. The molecule has 0 radical (unpaired) electrons. The molecule has 2 aromatic rings. The van der Waals surface area contributed by atoms with E-state index in [-0.39, 0.29) is 28.9 Å². The molecule has 1 atom stereocenters. The van der Waals surface area contributed by atoms with Gasteiger partial charge in [-0.25, -0.2) is 0 Å². The Morgan fingerprint density at radius 1 is 1.06 bits per heavy atom. The van der Waals surface area contributed by atoms with Crippen molar-refractivity contribution in [3.63, 3.8) is 0 Å². The summed E-state index contributed by atoms with van der Waals surface area (Å²) in [6, 6.07) is 12.1. The van der Waals surface area contributed by atoms with Crippen molar-refractivity contribution in [3.8, 4) is 0 Å². The number of carbonyl (C=O) groups excluding carboxylic acids is 2. The molecule has 0 fully saturated rings. The minimum atomic E-state index is -5.11. The fraction of sp³-hybridized carbons (Fsp3) is 0.360. The molecule has 5 nitrogen and oxygen atoms in total. The van der Waals surface area contributed by atoms with E-state index in [4.69, 9.17) is 0 Å². The molecule has 0 bridgehead atoms. The molecule has 0 saturated heterocycles. The fourth-order valence-electron chi connectivity index (χ4n) is 4.62. The number of fused-ring (bicyclic) bond motifs is 1. The molecular formula is C25H26F3N3O2. The minimum Gasteiger partial charge on any atom is -0.378 e. The average molecular weight is 457 g/mol. The molecule has 1 N–H and O–H groups in total. The van der Waals surface area contributed by atoms with Gasteiger partial charge in [0, 0.05) is 37.5 Å². The number of nitrogens with zero attached hydrogens (tertiary/aromatic N) is 2. The normalized spacial score (nSPS) is 19.9. The minimum absolute atomic E-state index is 0.0847. The van der Waals surface area contributed by atoms with Crippen molar-refractivity contribution in [1.29, 1.82) is 0 Å². The smallest absolute Gasteiger partial charge is 0.378 e. The standard InChI is InChI=1S/C25H26F3N3O2/c1-24(2)13-18-21(20(32)14-24)22(15-9-11-16(12-10-15)30(3)4)31(23(33)25(26,27)28)19-8-6-5-7-17(19)29-18/h5-12,22,29H,13-14H2,1-4H3. The number of alkyl halides is 3. The van der Waals surface area contributed by atoms with Crippen LogP contribution in [0.5, 0.6) is 0 Å². The van der Waals surface area contributed by atoms with Crippen LogP contribution in [-0.2, 0) is 9.59 Å². The van der Waals surface area contributed by atoms with E-state index >= 15 is 0 Å². The maximum Gasteiger partial charge on any atom is 0.471 e. The largest absolute Gasteiger partial charge is 0.471 e. The first-order chi connectivity index (χ1) is 15.4. The molecule has 2 aliphatic rings. The summed E-state index contributed by atoms with van der Waals surface area (Å²) in [5, 5.41) is 3.20. The Labute approximate surface area is 190 Å². The van der Waals surface area contributed by atoms with Crippen LogP contribution in [0.1, 0.15) is 38.3 Å². The van der Waals surface area contributed by atoms with Gasteiger partial charge >= 0.3 is 12.1 Å². The maximum atomic E-state index is 13.8. The van der Waals surface area contributed by atoms with E-state index in [2.05, 4.69) is 5.32 Å². The third kappa shape index (κ3) is 4.21. The summed E-state index contributed by atoms with van der Waals surface area (Å²) in [4.78, 5) is 28.8. The van der Waals surface area contributed by atoms with E-state index in [1.807, 2.05) is 32.8 Å². The van der Waals surface area contributed by atoms with Gasteiger partial charge < -0.3 is 10.2 Å². The van der Waals surface area contributed by atoms with E-state index in [9.17, 15) is 22.8 Å². The number of carbonyl (C=O) groups is 2. The first-order valence-corrected chi connectivity index (χ1v) is 10.7. The number of anilines is 3. The summed E-state index contributed by atoms with van der Waals surface area (Å²) in [7, 11) is 3.71. The highest BCUT2D eigenvalue weighted by Gasteiger charge is 2.50. The van der Waals surface area contributed by atoms with Gasteiger partial charge in [-0.1, -0.05) is 38.1 Å². The van der Waals surface area contributed by atoms with Gasteiger partial charge in [-0.05, 0) is 41.7 Å². The second kappa shape index (κ2) is 7.93. The Balaban J connectivity index is 2.01. The molecule has 0 spiro atoms. The Morgan fingerprint density at radius 3 is 2.30 bits per heavy atom. The number of para-hydroxylation sites is 2. The molecule has 2 aromatic carbocycles. The van der Waals surface area contributed by atoms with Crippen LogP contribution >= 0.6 is 0 Å². The molecule has 1 heterocycles. The number of allylic oxidation sites excluding steroid dienone is 1. The van der Waals surface area contributed by atoms with Crippen LogP contribution in [0.3, 0.4) is 0 Å². The maximum absolute atomic E-state index is 13.8. The van der Waals surface area contributed by atoms with Crippen molar-refractivity contribution in [2.24, 2.45) is 5.41 Å². The quantitative estimate of drug-likeness (QED) is 0.651. The summed E-state index contributed by atoms with van der Waals surface area (Å²) in [5.74, 6) is -2.27. The second-order valence-corrected chi connectivity index (χ2v) is 9.54. The van der Waals surface area contributed by atoms with Crippen LogP contribution in [0, 0.1) is 5.41 Å². The second-order valence-electron chi connectivity index (χ2n) is 9.54. The number of hydrogen-bond donors (Lipinski definition) is 1. The van der Waals surface area contributed by atoms with Gasteiger partial charge in [0.05, 0.1) is 17.4 Å². The SMILES string of the molecule is CN(C)c1ccc(C2C3=C(CC(C)(C)CC3=O)Nc3ccccc3N2C(=O)C(F)(F)F)cc1. The monoisotopic (exact) mass is 457 g/mol. The number of halogens is 3. The number of nitrogens with one attached hydrogen (secondary N) is 1. The molecule has 1 aliphatic heterocycles. The highest BCUT2D eigenvalue weighted by molar-refractivity contribution is 6.07. The van der Waals surface area contributed by atoms with Crippen LogP contribution in [-0.4, -0.2) is 32.0 Å². The molecule has 4 rings (SSSR count). The van der Waals surface area contributed by atoms with Crippen molar-refractivity contribution in [3.05, 3.63) is 65.4 Å². The summed E-state index contributed by atoms with van der Waals surface area (Å²) >= 11 is 0. The fourth-order valence-corrected chi connectivity index (χ4v) is 4.62.